The molecule has 0 atom stereocenters. The molecule has 4 aromatic rings. The van der Waals surface area contributed by atoms with Crippen LogP contribution in [0.3, 0.4) is 0 Å². The summed E-state index contributed by atoms with van der Waals surface area (Å²) in [6.07, 6.45) is 0.402. The van der Waals surface area contributed by atoms with E-state index in [-0.39, 0.29) is 5.91 Å². The summed E-state index contributed by atoms with van der Waals surface area (Å²) < 4.78 is 8.00. The summed E-state index contributed by atoms with van der Waals surface area (Å²) in [6, 6.07) is 14.0. The van der Waals surface area contributed by atoms with E-state index in [1.807, 2.05) is 37.3 Å². The van der Waals surface area contributed by atoms with Gasteiger partial charge in [-0.05, 0) is 68.3 Å². The Morgan fingerprint density at radius 1 is 1.13 bits per heavy atom. The number of nitrogens with zero attached hydrogens (tertiary/aromatic N) is 3. The van der Waals surface area contributed by atoms with Gasteiger partial charge in [-0.3, -0.25) is 4.79 Å². The number of aromatic nitrogens is 3. The number of rotatable bonds is 7. The van der Waals surface area contributed by atoms with Crippen molar-refractivity contribution in [2.75, 3.05) is 18.2 Å². The summed E-state index contributed by atoms with van der Waals surface area (Å²) in [5.41, 5.74) is 4.23. The van der Waals surface area contributed by atoms with Crippen LogP contribution in [0.2, 0.25) is 0 Å². The Kier molecular flexibility index (Phi) is 6.29. The van der Waals surface area contributed by atoms with E-state index in [1.165, 1.54) is 11.1 Å². The molecular formula is C23H24N4O2S2. The van der Waals surface area contributed by atoms with Gasteiger partial charge in [0, 0.05) is 23.1 Å². The van der Waals surface area contributed by atoms with Crippen molar-refractivity contribution in [3.63, 3.8) is 0 Å². The van der Waals surface area contributed by atoms with Gasteiger partial charge in [0.15, 0.2) is 0 Å². The standard InChI is InChI=1S/C23H24N4O2S2/c1-14-11-19-20(12-15(14)2)31-23(24-19)27-21(13-16(3)26-27)25-22(28)9-10-30-18-7-5-17(29-4)6-8-18/h5-8,11-13H,9-10H2,1-4H3,(H,25,28). The molecule has 0 saturated carbocycles. The number of hydrogen-bond acceptors (Lipinski definition) is 6. The number of carbonyl (C=O) groups is 1. The minimum atomic E-state index is -0.0463. The molecule has 0 saturated heterocycles. The Labute approximate surface area is 189 Å². The largest absolute Gasteiger partial charge is 0.497 e. The van der Waals surface area contributed by atoms with Gasteiger partial charge in [0.25, 0.3) is 0 Å². The summed E-state index contributed by atoms with van der Waals surface area (Å²) >= 11 is 3.21. The van der Waals surface area contributed by atoms with E-state index in [0.717, 1.165) is 31.7 Å². The molecule has 0 bridgehead atoms. The predicted octanol–water partition coefficient (Wildman–Crippen LogP) is 5.54. The molecule has 0 radical (unpaired) electrons. The number of amides is 1. The van der Waals surface area contributed by atoms with Crippen molar-refractivity contribution < 1.29 is 9.53 Å². The molecule has 31 heavy (non-hydrogen) atoms. The van der Waals surface area contributed by atoms with Crippen molar-refractivity contribution in [1.29, 1.82) is 0 Å². The molecule has 0 fully saturated rings. The maximum Gasteiger partial charge on any atom is 0.226 e. The monoisotopic (exact) mass is 452 g/mol. The molecule has 8 heteroatoms. The summed E-state index contributed by atoms with van der Waals surface area (Å²) in [4.78, 5) is 18.4. The first-order chi connectivity index (χ1) is 14.9. The third kappa shape index (κ3) is 4.91. The zero-order chi connectivity index (χ0) is 22.0. The highest BCUT2D eigenvalue weighted by Crippen LogP contribution is 2.29. The van der Waals surface area contributed by atoms with Crippen LogP contribution in [-0.4, -0.2) is 33.5 Å². The van der Waals surface area contributed by atoms with Crippen LogP contribution in [0.4, 0.5) is 5.82 Å². The van der Waals surface area contributed by atoms with Crippen LogP contribution in [0.15, 0.2) is 47.4 Å². The van der Waals surface area contributed by atoms with Gasteiger partial charge in [0.05, 0.1) is 23.0 Å². The molecule has 160 valence electrons. The lowest BCUT2D eigenvalue weighted by Gasteiger charge is -2.07. The molecule has 6 nitrogen and oxygen atoms in total. The fourth-order valence-electron chi connectivity index (χ4n) is 3.13. The van der Waals surface area contributed by atoms with Crippen molar-refractivity contribution >= 4 is 45.0 Å². The molecule has 0 unspecified atom stereocenters. The molecule has 0 aliphatic heterocycles. The van der Waals surface area contributed by atoms with E-state index in [9.17, 15) is 4.79 Å². The average molecular weight is 453 g/mol. The summed E-state index contributed by atoms with van der Waals surface area (Å²) in [5, 5.41) is 8.29. The number of thiazole rings is 1. The topological polar surface area (TPSA) is 69.0 Å². The lowest BCUT2D eigenvalue weighted by Crippen LogP contribution is -2.15. The van der Waals surface area contributed by atoms with Crippen LogP contribution in [0.1, 0.15) is 23.2 Å². The average Bonchev–Trinajstić information content (AvgIpc) is 3.31. The number of methoxy groups -OCH3 is 1. The molecule has 2 aromatic heterocycles. The number of anilines is 1. The highest BCUT2D eigenvalue weighted by atomic mass is 32.2. The third-order valence-electron chi connectivity index (χ3n) is 4.93. The second kappa shape index (κ2) is 9.11. The Morgan fingerprint density at radius 2 is 1.87 bits per heavy atom. The Bertz CT molecular complexity index is 1190. The van der Waals surface area contributed by atoms with Gasteiger partial charge in [-0.15, -0.1) is 11.8 Å². The van der Waals surface area contributed by atoms with Gasteiger partial charge in [-0.25, -0.2) is 4.98 Å². The Morgan fingerprint density at radius 3 is 2.61 bits per heavy atom. The number of fused-ring (bicyclic) bond motifs is 1. The number of carbonyl (C=O) groups excluding carboxylic acids is 1. The maximum absolute atomic E-state index is 12.6. The maximum atomic E-state index is 12.6. The van der Waals surface area contributed by atoms with E-state index in [1.54, 1.807) is 34.9 Å². The van der Waals surface area contributed by atoms with Crippen molar-refractivity contribution in [2.24, 2.45) is 0 Å². The third-order valence-corrected chi connectivity index (χ3v) is 6.94. The highest BCUT2D eigenvalue weighted by Gasteiger charge is 2.15. The van der Waals surface area contributed by atoms with Crippen LogP contribution in [0, 0.1) is 20.8 Å². The summed E-state index contributed by atoms with van der Waals surface area (Å²) in [7, 11) is 1.65. The first-order valence-corrected chi connectivity index (χ1v) is 11.7. The SMILES string of the molecule is COc1ccc(SCCC(=O)Nc2cc(C)nn2-c2nc3cc(C)c(C)cc3s2)cc1. The van der Waals surface area contributed by atoms with E-state index in [0.29, 0.717) is 18.0 Å². The first kappa shape index (κ1) is 21.4. The molecule has 4 rings (SSSR count). The van der Waals surface area contributed by atoms with E-state index in [2.05, 4.69) is 36.4 Å². The molecule has 1 amide bonds. The van der Waals surface area contributed by atoms with E-state index in [4.69, 9.17) is 9.72 Å². The molecule has 0 aliphatic carbocycles. The number of aryl methyl sites for hydroxylation is 3. The van der Waals surface area contributed by atoms with Gasteiger partial charge in [-0.1, -0.05) is 11.3 Å². The van der Waals surface area contributed by atoms with Crippen molar-refractivity contribution in [3.05, 3.63) is 59.3 Å². The number of nitrogens with one attached hydrogen (secondary N) is 1. The van der Waals surface area contributed by atoms with Gasteiger partial charge < -0.3 is 10.1 Å². The van der Waals surface area contributed by atoms with E-state index < -0.39 is 0 Å². The van der Waals surface area contributed by atoms with Gasteiger partial charge in [0.2, 0.25) is 11.0 Å². The molecule has 2 aromatic carbocycles. The van der Waals surface area contributed by atoms with Crippen molar-refractivity contribution in [1.82, 2.24) is 14.8 Å². The summed E-state index contributed by atoms with van der Waals surface area (Å²) in [5.74, 6) is 2.11. The summed E-state index contributed by atoms with van der Waals surface area (Å²) in [6.45, 7) is 6.09. The fraction of sp³-hybridized carbons (Fsp3) is 0.261. The van der Waals surface area contributed by atoms with Crippen LogP contribution in [0.25, 0.3) is 15.3 Å². The predicted molar refractivity (Wildman–Crippen MR) is 128 cm³/mol. The van der Waals surface area contributed by atoms with Crippen LogP contribution < -0.4 is 10.1 Å². The molecule has 0 spiro atoms. The molecule has 0 aliphatic rings. The second-order valence-electron chi connectivity index (χ2n) is 7.31. The lowest BCUT2D eigenvalue weighted by molar-refractivity contribution is -0.115. The molecular weight excluding hydrogens is 428 g/mol. The second-order valence-corrected chi connectivity index (χ2v) is 9.48. The smallest absolute Gasteiger partial charge is 0.226 e. The van der Waals surface area contributed by atoms with Gasteiger partial charge >= 0.3 is 0 Å². The number of hydrogen-bond donors (Lipinski definition) is 1. The van der Waals surface area contributed by atoms with Crippen LogP contribution in [-0.2, 0) is 4.79 Å². The minimum Gasteiger partial charge on any atom is -0.497 e. The molecule has 2 heterocycles. The van der Waals surface area contributed by atoms with Crippen LogP contribution >= 0.6 is 23.1 Å². The Balaban J connectivity index is 1.44. The number of benzene rings is 2. The fourth-order valence-corrected chi connectivity index (χ4v) is 4.99. The van der Waals surface area contributed by atoms with E-state index >= 15 is 0 Å². The van der Waals surface area contributed by atoms with Crippen molar-refractivity contribution in [3.8, 4) is 10.9 Å². The number of thioether (sulfide) groups is 1. The molecule has 1 N–H and O–H groups in total. The van der Waals surface area contributed by atoms with Crippen LogP contribution in [0.5, 0.6) is 5.75 Å². The van der Waals surface area contributed by atoms with Gasteiger partial charge in [0.1, 0.15) is 11.6 Å². The lowest BCUT2D eigenvalue weighted by atomic mass is 10.1. The van der Waals surface area contributed by atoms with Gasteiger partial charge in [-0.2, -0.15) is 9.78 Å². The Hall–Kier alpha value is -2.84. The zero-order valence-corrected chi connectivity index (χ0v) is 19.6. The zero-order valence-electron chi connectivity index (χ0n) is 17.9. The minimum absolute atomic E-state index is 0.0463. The highest BCUT2D eigenvalue weighted by molar-refractivity contribution is 7.99. The first-order valence-electron chi connectivity index (χ1n) is 9.94. The quantitative estimate of drug-likeness (QED) is 0.373. The number of ether oxygens (including phenoxy) is 1. The van der Waals surface area contributed by atoms with Crippen molar-refractivity contribution in [2.45, 2.75) is 32.1 Å². The normalized spacial score (nSPS) is 11.1.